The summed E-state index contributed by atoms with van der Waals surface area (Å²) in [6.07, 6.45) is 5.91. The molecule has 0 saturated carbocycles. The maximum Gasteiger partial charge on any atom is 0.210 e. The zero-order valence-corrected chi connectivity index (χ0v) is 15.7. The minimum atomic E-state index is 0.847. The Morgan fingerprint density at radius 2 is 1.92 bits per heavy atom. The van der Waals surface area contributed by atoms with E-state index in [1.165, 1.54) is 22.4 Å². The minimum Gasteiger partial charge on any atom is -0.330 e. The van der Waals surface area contributed by atoms with Crippen molar-refractivity contribution in [2.24, 2.45) is 7.05 Å². The van der Waals surface area contributed by atoms with Gasteiger partial charge in [0.15, 0.2) is 4.34 Å². The van der Waals surface area contributed by atoms with E-state index in [1.807, 2.05) is 24.1 Å². The fourth-order valence-corrected chi connectivity index (χ4v) is 4.19. The van der Waals surface area contributed by atoms with Crippen molar-refractivity contribution in [3.05, 3.63) is 47.3 Å². The van der Waals surface area contributed by atoms with Crippen molar-refractivity contribution in [2.45, 2.75) is 36.8 Å². The smallest absolute Gasteiger partial charge is 0.210 e. The number of hydrogen-bond acceptors (Lipinski definition) is 6. The number of nitrogens with zero attached hydrogens (tertiary/aromatic N) is 4. The zero-order chi connectivity index (χ0) is 16.9. The standard InChI is InChI=1S/C17H21N5S2/c1-4-13-7-6-8-14(5-2)15(13)19-16-20-21-17(24-16)23-11-12-9-18-22(3)10-12/h6-10H,4-5,11H2,1-3H3,(H,19,20). The van der Waals surface area contributed by atoms with E-state index in [9.17, 15) is 0 Å². The van der Waals surface area contributed by atoms with Gasteiger partial charge in [0.05, 0.1) is 6.20 Å². The predicted octanol–water partition coefficient (Wildman–Crippen LogP) is 4.43. The molecule has 0 amide bonds. The summed E-state index contributed by atoms with van der Waals surface area (Å²) in [4.78, 5) is 0. The highest BCUT2D eigenvalue weighted by Crippen LogP contribution is 2.32. The summed E-state index contributed by atoms with van der Waals surface area (Å²) in [5, 5.41) is 17.1. The molecule has 0 radical (unpaired) electrons. The Kier molecular flexibility index (Phi) is 5.52. The largest absolute Gasteiger partial charge is 0.330 e. The number of para-hydroxylation sites is 1. The molecule has 24 heavy (non-hydrogen) atoms. The highest BCUT2D eigenvalue weighted by molar-refractivity contribution is 8.00. The van der Waals surface area contributed by atoms with Gasteiger partial charge in [0.1, 0.15) is 0 Å². The van der Waals surface area contributed by atoms with Crippen LogP contribution in [0.3, 0.4) is 0 Å². The molecule has 0 spiro atoms. The molecule has 126 valence electrons. The second-order valence-electron chi connectivity index (χ2n) is 5.47. The Morgan fingerprint density at radius 3 is 2.54 bits per heavy atom. The van der Waals surface area contributed by atoms with Gasteiger partial charge in [-0.1, -0.05) is 55.1 Å². The Labute approximate surface area is 150 Å². The van der Waals surface area contributed by atoms with E-state index < -0.39 is 0 Å². The molecule has 0 bridgehead atoms. The Hall–Kier alpha value is -1.86. The van der Waals surface area contributed by atoms with Gasteiger partial charge in [0.2, 0.25) is 5.13 Å². The van der Waals surface area contributed by atoms with E-state index in [-0.39, 0.29) is 0 Å². The van der Waals surface area contributed by atoms with Gasteiger partial charge in [-0.25, -0.2) is 0 Å². The lowest BCUT2D eigenvalue weighted by Gasteiger charge is -2.13. The third-order valence-corrected chi connectivity index (χ3v) is 5.80. The van der Waals surface area contributed by atoms with Crippen LogP contribution in [0, 0.1) is 0 Å². The molecule has 0 aliphatic heterocycles. The molecule has 5 nitrogen and oxygen atoms in total. The quantitative estimate of drug-likeness (QED) is 0.632. The molecule has 2 aromatic heterocycles. The Bertz CT molecular complexity index is 787. The summed E-state index contributed by atoms with van der Waals surface area (Å²) in [7, 11) is 1.93. The van der Waals surface area contributed by atoms with Crippen molar-refractivity contribution in [3.8, 4) is 0 Å². The third-order valence-electron chi connectivity index (χ3n) is 3.76. The predicted molar refractivity (Wildman–Crippen MR) is 101 cm³/mol. The molecule has 1 N–H and O–H groups in total. The molecule has 0 atom stereocenters. The van der Waals surface area contributed by atoms with Crippen LogP contribution in [0.2, 0.25) is 0 Å². The van der Waals surface area contributed by atoms with Gasteiger partial charge in [-0.2, -0.15) is 5.10 Å². The van der Waals surface area contributed by atoms with Gasteiger partial charge in [-0.05, 0) is 24.0 Å². The lowest BCUT2D eigenvalue weighted by Crippen LogP contribution is -1.99. The fourth-order valence-electron chi connectivity index (χ4n) is 2.52. The SMILES string of the molecule is CCc1cccc(CC)c1Nc1nnc(SCc2cnn(C)c2)s1. The summed E-state index contributed by atoms with van der Waals surface area (Å²) in [6.45, 7) is 4.35. The van der Waals surface area contributed by atoms with Crippen LogP contribution in [0.5, 0.6) is 0 Å². The van der Waals surface area contributed by atoms with Crippen LogP contribution in [0.1, 0.15) is 30.5 Å². The first-order valence-electron chi connectivity index (χ1n) is 8.01. The van der Waals surface area contributed by atoms with Crippen molar-refractivity contribution < 1.29 is 0 Å². The highest BCUT2D eigenvalue weighted by Gasteiger charge is 2.10. The van der Waals surface area contributed by atoms with E-state index in [1.54, 1.807) is 23.1 Å². The molecule has 1 aromatic carbocycles. The minimum absolute atomic E-state index is 0.847. The average molecular weight is 360 g/mol. The van der Waals surface area contributed by atoms with Crippen molar-refractivity contribution >= 4 is 33.9 Å². The zero-order valence-electron chi connectivity index (χ0n) is 14.1. The lowest BCUT2D eigenvalue weighted by molar-refractivity contribution is 0.767. The summed E-state index contributed by atoms with van der Waals surface area (Å²) < 4.78 is 2.78. The summed E-state index contributed by atoms with van der Waals surface area (Å²) >= 11 is 3.28. The van der Waals surface area contributed by atoms with Gasteiger partial charge in [-0.3, -0.25) is 4.68 Å². The Morgan fingerprint density at radius 1 is 1.17 bits per heavy atom. The third kappa shape index (κ3) is 3.96. The van der Waals surface area contributed by atoms with Crippen LogP contribution in [-0.4, -0.2) is 20.0 Å². The topological polar surface area (TPSA) is 55.6 Å². The molecule has 0 aliphatic carbocycles. The maximum absolute atomic E-state index is 4.30. The van der Waals surface area contributed by atoms with E-state index in [4.69, 9.17) is 0 Å². The van der Waals surface area contributed by atoms with Crippen molar-refractivity contribution in [2.75, 3.05) is 5.32 Å². The van der Waals surface area contributed by atoms with Crippen molar-refractivity contribution in [1.82, 2.24) is 20.0 Å². The highest BCUT2D eigenvalue weighted by atomic mass is 32.2. The van der Waals surface area contributed by atoms with Crippen LogP contribution >= 0.6 is 23.1 Å². The van der Waals surface area contributed by atoms with Gasteiger partial charge in [0.25, 0.3) is 0 Å². The molecular weight excluding hydrogens is 338 g/mol. The number of thioether (sulfide) groups is 1. The van der Waals surface area contributed by atoms with Crippen LogP contribution in [0.25, 0.3) is 0 Å². The number of rotatable bonds is 7. The summed E-state index contributed by atoms with van der Waals surface area (Å²) in [5.74, 6) is 0.855. The Balaban J connectivity index is 1.70. The molecule has 3 aromatic rings. The van der Waals surface area contributed by atoms with Crippen LogP contribution in [0.15, 0.2) is 34.9 Å². The maximum atomic E-state index is 4.30. The fraction of sp³-hybridized carbons (Fsp3) is 0.353. The molecule has 0 saturated heterocycles. The molecular formula is C17H21N5S2. The number of anilines is 2. The average Bonchev–Trinajstić information content (AvgIpc) is 3.22. The van der Waals surface area contributed by atoms with E-state index >= 15 is 0 Å². The first kappa shape index (κ1) is 17.0. The number of aromatic nitrogens is 4. The van der Waals surface area contributed by atoms with Crippen LogP contribution in [-0.2, 0) is 25.6 Å². The number of benzene rings is 1. The van der Waals surface area contributed by atoms with Crippen molar-refractivity contribution in [3.63, 3.8) is 0 Å². The van der Waals surface area contributed by atoms with E-state index in [2.05, 4.69) is 52.7 Å². The second kappa shape index (κ2) is 7.81. The molecule has 2 heterocycles. The summed E-state index contributed by atoms with van der Waals surface area (Å²) in [6, 6.07) is 6.46. The lowest BCUT2D eigenvalue weighted by atomic mass is 10.0. The van der Waals surface area contributed by atoms with Gasteiger partial charge < -0.3 is 5.32 Å². The molecule has 3 rings (SSSR count). The normalized spacial score (nSPS) is 11.0. The first-order chi connectivity index (χ1) is 11.7. The van der Waals surface area contributed by atoms with Gasteiger partial charge in [0, 0.05) is 30.2 Å². The molecule has 7 heteroatoms. The monoisotopic (exact) mass is 359 g/mol. The molecule has 0 aliphatic rings. The van der Waals surface area contributed by atoms with E-state index in [0.717, 1.165) is 28.1 Å². The van der Waals surface area contributed by atoms with Gasteiger partial charge in [-0.15, -0.1) is 10.2 Å². The second-order valence-corrected chi connectivity index (χ2v) is 7.67. The first-order valence-corrected chi connectivity index (χ1v) is 9.81. The number of hydrogen-bond donors (Lipinski definition) is 1. The number of nitrogens with one attached hydrogen (secondary N) is 1. The molecule has 0 fully saturated rings. The van der Waals surface area contributed by atoms with E-state index in [0.29, 0.717) is 0 Å². The van der Waals surface area contributed by atoms with Gasteiger partial charge >= 0.3 is 0 Å². The van der Waals surface area contributed by atoms with Crippen molar-refractivity contribution in [1.29, 1.82) is 0 Å². The molecule has 0 unspecified atom stereocenters. The van der Waals surface area contributed by atoms with Crippen LogP contribution in [0.4, 0.5) is 10.8 Å². The summed E-state index contributed by atoms with van der Waals surface area (Å²) in [5.41, 5.74) is 5.00. The van der Waals surface area contributed by atoms with Crippen LogP contribution < -0.4 is 5.32 Å². The number of aryl methyl sites for hydroxylation is 3.